The average molecular weight is 350 g/mol. The number of para-hydroxylation sites is 1. The van der Waals surface area contributed by atoms with Crippen LogP contribution in [0.3, 0.4) is 0 Å². The Labute approximate surface area is 140 Å². The van der Waals surface area contributed by atoms with Crippen molar-refractivity contribution < 1.29 is 19.2 Å². The van der Waals surface area contributed by atoms with Crippen LogP contribution < -0.4 is 4.74 Å². The summed E-state index contributed by atoms with van der Waals surface area (Å²) in [5.41, 5.74) is 2.48. The van der Waals surface area contributed by atoms with E-state index < -0.39 is 12.1 Å². The van der Waals surface area contributed by atoms with Gasteiger partial charge < -0.3 is 14.4 Å². The van der Waals surface area contributed by atoms with Crippen molar-refractivity contribution in [2.24, 2.45) is 0 Å². The largest absolute Gasteiger partial charge is 0.478 e. The number of halogens is 2. The van der Waals surface area contributed by atoms with Gasteiger partial charge in [-0.3, -0.25) is 0 Å². The number of benzene rings is 2. The van der Waals surface area contributed by atoms with Crippen LogP contribution in [0.15, 0.2) is 34.9 Å². The molecule has 1 aromatic heterocycles. The minimum absolute atomic E-state index is 0.190. The summed E-state index contributed by atoms with van der Waals surface area (Å²) >= 11 is 12.6. The minimum Gasteiger partial charge on any atom is -0.478 e. The van der Waals surface area contributed by atoms with Gasteiger partial charge in [-0.1, -0.05) is 40.5 Å². The van der Waals surface area contributed by atoms with E-state index >= 15 is 0 Å². The van der Waals surface area contributed by atoms with Crippen molar-refractivity contribution in [3.05, 3.63) is 45.9 Å². The molecule has 3 aromatic rings. The van der Waals surface area contributed by atoms with Crippen molar-refractivity contribution in [1.29, 1.82) is 0 Å². The minimum atomic E-state index is -1.04. The molecule has 1 aliphatic heterocycles. The maximum absolute atomic E-state index is 11.1. The molecule has 2 aromatic carbocycles. The summed E-state index contributed by atoms with van der Waals surface area (Å²) in [6.45, 7) is 0. The number of carbonyl (C=O) groups is 1. The lowest BCUT2D eigenvalue weighted by Gasteiger charge is -2.09. The molecule has 0 aliphatic carbocycles. The first-order valence-corrected chi connectivity index (χ1v) is 7.57. The van der Waals surface area contributed by atoms with Crippen molar-refractivity contribution in [3.8, 4) is 17.0 Å². The third kappa shape index (κ3) is 2.16. The van der Waals surface area contributed by atoms with Crippen LogP contribution in [0.4, 0.5) is 0 Å². The molecule has 7 heteroatoms. The number of carboxylic acid groups (broad SMARTS) is 1. The lowest BCUT2D eigenvalue weighted by atomic mass is 10.0. The Hall–Kier alpha value is -2.24. The normalized spacial score (nSPS) is 16.3. The number of aromatic nitrogens is 1. The van der Waals surface area contributed by atoms with Crippen LogP contribution in [-0.4, -0.2) is 22.3 Å². The van der Waals surface area contributed by atoms with E-state index in [-0.39, 0.29) is 16.5 Å². The summed E-state index contributed by atoms with van der Waals surface area (Å²) in [4.78, 5) is 11.1. The van der Waals surface area contributed by atoms with Gasteiger partial charge in [-0.25, -0.2) is 4.79 Å². The summed E-state index contributed by atoms with van der Waals surface area (Å²) in [5.74, 6) is -0.720. The molecule has 0 saturated heterocycles. The molecular formula is C16H9Cl2NO4. The van der Waals surface area contributed by atoms with Gasteiger partial charge in [-0.2, -0.15) is 0 Å². The summed E-state index contributed by atoms with van der Waals surface area (Å²) < 4.78 is 10.7. The van der Waals surface area contributed by atoms with Crippen LogP contribution >= 0.6 is 23.2 Å². The van der Waals surface area contributed by atoms with Crippen LogP contribution in [0.25, 0.3) is 22.2 Å². The molecule has 1 N–H and O–H groups in total. The average Bonchev–Trinajstić information content (AvgIpc) is 3.15. The molecule has 23 heavy (non-hydrogen) atoms. The molecule has 0 radical (unpaired) electrons. The molecule has 2 heterocycles. The molecule has 1 unspecified atom stereocenters. The van der Waals surface area contributed by atoms with Crippen molar-refractivity contribution in [3.63, 3.8) is 0 Å². The smallest absolute Gasteiger partial charge is 0.345 e. The van der Waals surface area contributed by atoms with E-state index in [4.69, 9.17) is 37.6 Å². The van der Waals surface area contributed by atoms with Gasteiger partial charge in [0.15, 0.2) is 11.7 Å². The fraction of sp³-hybridized carbons (Fsp3) is 0.125. The van der Waals surface area contributed by atoms with Gasteiger partial charge in [0, 0.05) is 22.9 Å². The summed E-state index contributed by atoms with van der Waals surface area (Å²) in [6, 6.07) is 9.15. The molecule has 1 atom stereocenters. The lowest BCUT2D eigenvalue weighted by molar-refractivity contribution is -0.144. The predicted octanol–water partition coefficient (Wildman–Crippen LogP) is 4.19. The van der Waals surface area contributed by atoms with E-state index in [1.807, 2.05) is 18.2 Å². The van der Waals surface area contributed by atoms with E-state index in [0.717, 1.165) is 5.39 Å². The second-order valence-electron chi connectivity index (χ2n) is 5.22. The zero-order chi connectivity index (χ0) is 16.1. The molecule has 4 rings (SSSR count). The van der Waals surface area contributed by atoms with Crippen LogP contribution in [0.1, 0.15) is 5.56 Å². The number of hydrogen-bond acceptors (Lipinski definition) is 4. The highest BCUT2D eigenvalue weighted by Crippen LogP contribution is 2.46. The Morgan fingerprint density at radius 2 is 2.04 bits per heavy atom. The van der Waals surface area contributed by atoms with Crippen LogP contribution in [0.2, 0.25) is 10.0 Å². The zero-order valence-electron chi connectivity index (χ0n) is 11.5. The number of aliphatic carboxylic acids is 1. The predicted molar refractivity (Wildman–Crippen MR) is 85.2 cm³/mol. The monoisotopic (exact) mass is 349 g/mol. The molecular weight excluding hydrogens is 341 g/mol. The first kappa shape index (κ1) is 14.4. The van der Waals surface area contributed by atoms with Crippen molar-refractivity contribution in [1.82, 2.24) is 5.16 Å². The van der Waals surface area contributed by atoms with Gasteiger partial charge in [0.05, 0.1) is 5.02 Å². The molecule has 1 aliphatic rings. The lowest BCUT2D eigenvalue weighted by Crippen LogP contribution is -2.24. The topological polar surface area (TPSA) is 72.6 Å². The number of ether oxygens (including phenoxy) is 1. The SMILES string of the molecule is O=C(O)C1Cc2cc(-c3noc4ccccc34)c(Cl)c(Cl)c2O1. The second-order valence-corrected chi connectivity index (χ2v) is 5.97. The molecule has 116 valence electrons. The molecule has 0 fully saturated rings. The highest BCUT2D eigenvalue weighted by molar-refractivity contribution is 6.45. The van der Waals surface area contributed by atoms with E-state index in [0.29, 0.717) is 28.2 Å². The Kier molecular flexibility index (Phi) is 3.21. The van der Waals surface area contributed by atoms with Gasteiger partial charge in [0.1, 0.15) is 16.5 Å². The first-order chi connectivity index (χ1) is 11.1. The van der Waals surface area contributed by atoms with Crippen molar-refractivity contribution >= 4 is 40.1 Å². The highest BCUT2D eigenvalue weighted by Gasteiger charge is 2.33. The molecule has 0 bridgehead atoms. The van der Waals surface area contributed by atoms with Crippen molar-refractivity contribution in [2.45, 2.75) is 12.5 Å². The van der Waals surface area contributed by atoms with Gasteiger partial charge >= 0.3 is 5.97 Å². The summed E-state index contributed by atoms with van der Waals surface area (Å²) in [6.07, 6.45) is -0.729. The number of nitrogens with zero attached hydrogens (tertiary/aromatic N) is 1. The molecule has 0 spiro atoms. The van der Waals surface area contributed by atoms with Crippen LogP contribution in [0, 0.1) is 0 Å². The molecule has 5 nitrogen and oxygen atoms in total. The fourth-order valence-electron chi connectivity index (χ4n) is 2.71. The third-order valence-corrected chi connectivity index (χ3v) is 4.66. The van der Waals surface area contributed by atoms with Gasteiger partial charge in [-0.15, -0.1) is 0 Å². The number of hydrogen-bond donors (Lipinski definition) is 1. The highest BCUT2D eigenvalue weighted by atomic mass is 35.5. The second kappa shape index (κ2) is 5.15. The van der Waals surface area contributed by atoms with Gasteiger partial charge in [0.25, 0.3) is 0 Å². The maximum atomic E-state index is 11.1. The van der Waals surface area contributed by atoms with E-state index in [9.17, 15) is 4.79 Å². The third-order valence-electron chi connectivity index (χ3n) is 3.81. The number of rotatable bonds is 2. The van der Waals surface area contributed by atoms with Crippen LogP contribution in [0.5, 0.6) is 5.75 Å². The number of carboxylic acids is 1. The van der Waals surface area contributed by atoms with Gasteiger partial charge in [-0.05, 0) is 18.2 Å². The first-order valence-electron chi connectivity index (χ1n) is 6.81. The Bertz CT molecular complexity index is 951. The Balaban J connectivity index is 1.90. The van der Waals surface area contributed by atoms with Crippen molar-refractivity contribution in [2.75, 3.05) is 0 Å². The summed E-state index contributed by atoms with van der Waals surface area (Å²) in [5, 5.41) is 14.4. The molecule has 0 amide bonds. The van der Waals surface area contributed by atoms with Crippen LogP contribution in [-0.2, 0) is 11.2 Å². The maximum Gasteiger partial charge on any atom is 0.345 e. The molecule has 0 saturated carbocycles. The van der Waals surface area contributed by atoms with E-state index in [1.165, 1.54) is 0 Å². The number of fused-ring (bicyclic) bond motifs is 2. The Morgan fingerprint density at radius 3 is 2.83 bits per heavy atom. The fourth-order valence-corrected chi connectivity index (χ4v) is 3.21. The van der Waals surface area contributed by atoms with E-state index in [2.05, 4.69) is 5.16 Å². The van der Waals surface area contributed by atoms with E-state index in [1.54, 1.807) is 12.1 Å². The summed E-state index contributed by atoms with van der Waals surface area (Å²) in [7, 11) is 0. The standard InChI is InChI=1S/C16H9Cl2NO4/c17-12-9(14-8-3-1-2-4-10(8)23-19-14)5-7-6-11(16(20)21)22-15(7)13(12)18/h1-5,11H,6H2,(H,20,21). The zero-order valence-corrected chi connectivity index (χ0v) is 13.1. The Morgan fingerprint density at radius 1 is 1.26 bits per heavy atom. The quantitative estimate of drug-likeness (QED) is 0.750. The van der Waals surface area contributed by atoms with Gasteiger partial charge in [0.2, 0.25) is 0 Å².